The molecule has 1 saturated carbocycles. The van der Waals surface area contributed by atoms with Gasteiger partial charge in [0.1, 0.15) is 18.0 Å². The van der Waals surface area contributed by atoms with Crippen molar-refractivity contribution >= 4 is 5.91 Å². The average molecular weight is 383 g/mol. The SMILES string of the molecule is COc1cc(CNC(=O)Cn2nc(C(F)(F)F)cc2C2CC2)cc(OC)c1. The molecule has 1 fully saturated rings. The summed E-state index contributed by atoms with van der Waals surface area (Å²) in [6.45, 7) is -0.0679. The van der Waals surface area contributed by atoms with Crippen molar-refractivity contribution in [1.29, 1.82) is 0 Å². The fraction of sp³-hybridized carbons (Fsp3) is 0.444. The number of hydrogen-bond donors (Lipinski definition) is 1. The van der Waals surface area contributed by atoms with E-state index in [0.717, 1.165) is 29.2 Å². The maximum atomic E-state index is 12.9. The standard InChI is InChI=1S/C18H20F3N3O3/c1-26-13-5-11(6-14(7-13)27-2)9-22-17(25)10-24-15(12-3-4-12)8-16(23-24)18(19,20)21/h5-8,12H,3-4,9-10H2,1-2H3,(H,22,25). The summed E-state index contributed by atoms with van der Waals surface area (Å²) in [5.41, 5.74) is 0.244. The minimum Gasteiger partial charge on any atom is -0.497 e. The molecular formula is C18H20F3N3O3. The van der Waals surface area contributed by atoms with Gasteiger partial charge in [-0.25, -0.2) is 0 Å². The maximum Gasteiger partial charge on any atom is 0.435 e. The van der Waals surface area contributed by atoms with Gasteiger partial charge in [0.25, 0.3) is 0 Å². The van der Waals surface area contributed by atoms with E-state index >= 15 is 0 Å². The summed E-state index contributed by atoms with van der Waals surface area (Å²) in [7, 11) is 3.04. The highest BCUT2D eigenvalue weighted by molar-refractivity contribution is 5.75. The van der Waals surface area contributed by atoms with Gasteiger partial charge in [0.15, 0.2) is 5.69 Å². The van der Waals surface area contributed by atoms with E-state index in [1.807, 2.05) is 0 Å². The zero-order valence-electron chi connectivity index (χ0n) is 15.0. The Balaban J connectivity index is 1.67. The fourth-order valence-electron chi connectivity index (χ4n) is 2.77. The first kappa shape index (κ1) is 19.1. The molecule has 1 amide bonds. The Morgan fingerprint density at radius 3 is 2.33 bits per heavy atom. The monoisotopic (exact) mass is 383 g/mol. The average Bonchev–Trinajstić information content (AvgIpc) is 3.39. The number of hydrogen-bond acceptors (Lipinski definition) is 4. The van der Waals surface area contributed by atoms with E-state index in [0.29, 0.717) is 17.2 Å². The molecular weight excluding hydrogens is 363 g/mol. The molecule has 1 heterocycles. The molecule has 0 saturated heterocycles. The minimum atomic E-state index is -4.53. The van der Waals surface area contributed by atoms with E-state index < -0.39 is 17.8 Å². The second-order valence-corrected chi connectivity index (χ2v) is 6.38. The molecule has 0 unspecified atom stereocenters. The van der Waals surface area contributed by atoms with Crippen molar-refractivity contribution in [3.63, 3.8) is 0 Å². The van der Waals surface area contributed by atoms with Crippen LogP contribution in [0.1, 0.15) is 35.7 Å². The number of nitrogens with zero attached hydrogens (tertiary/aromatic N) is 2. The molecule has 1 aliphatic rings. The molecule has 3 rings (SSSR count). The van der Waals surface area contributed by atoms with Crippen molar-refractivity contribution in [3.05, 3.63) is 41.2 Å². The second kappa shape index (κ2) is 7.50. The quantitative estimate of drug-likeness (QED) is 0.798. The molecule has 0 bridgehead atoms. The van der Waals surface area contributed by atoms with E-state index in [1.54, 1.807) is 18.2 Å². The first-order chi connectivity index (χ1) is 12.8. The molecule has 0 spiro atoms. The summed E-state index contributed by atoms with van der Waals surface area (Å²) in [4.78, 5) is 12.2. The molecule has 1 aromatic heterocycles. The van der Waals surface area contributed by atoms with Crippen LogP contribution < -0.4 is 14.8 Å². The summed E-state index contributed by atoms with van der Waals surface area (Å²) in [5, 5.41) is 6.28. The number of aromatic nitrogens is 2. The lowest BCUT2D eigenvalue weighted by Gasteiger charge is -2.11. The van der Waals surface area contributed by atoms with Crippen molar-refractivity contribution < 1.29 is 27.4 Å². The van der Waals surface area contributed by atoms with Crippen LogP contribution in [-0.4, -0.2) is 29.9 Å². The third-order valence-corrected chi connectivity index (χ3v) is 4.29. The van der Waals surface area contributed by atoms with Gasteiger partial charge >= 0.3 is 6.18 Å². The molecule has 9 heteroatoms. The third-order valence-electron chi connectivity index (χ3n) is 4.29. The van der Waals surface area contributed by atoms with Crippen LogP contribution in [0.3, 0.4) is 0 Å². The first-order valence-corrected chi connectivity index (χ1v) is 8.43. The highest BCUT2D eigenvalue weighted by Gasteiger charge is 2.38. The summed E-state index contributed by atoms with van der Waals surface area (Å²) in [5.74, 6) is 0.785. The fourth-order valence-corrected chi connectivity index (χ4v) is 2.77. The molecule has 27 heavy (non-hydrogen) atoms. The van der Waals surface area contributed by atoms with E-state index in [-0.39, 0.29) is 19.0 Å². The van der Waals surface area contributed by atoms with Crippen LogP contribution in [0.25, 0.3) is 0 Å². The van der Waals surface area contributed by atoms with Crippen molar-refractivity contribution in [1.82, 2.24) is 15.1 Å². The van der Waals surface area contributed by atoms with Gasteiger partial charge in [0, 0.05) is 24.2 Å². The predicted octanol–water partition coefficient (Wildman–Crippen LogP) is 3.11. The molecule has 1 aromatic carbocycles. The number of amides is 1. The minimum absolute atomic E-state index is 0.0454. The van der Waals surface area contributed by atoms with Crippen molar-refractivity contribution in [2.75, 3.05) is 14.2 Å². The van der Waals surface area contributed by atoms with Crippen LogP contribution >= 0.6 is 0 Å². The van der Waals surface area contributed by atoms with Crippen LogP contribution in [0.2, 0.25) is 0 Å². The first-order valence-electron chi connectivity index (χ1n) is 8.43. The molecule has 2 aromatic rings. The molecule has 0 radical (unpaired) electrons. The lowest BCUT2D eigenvalue weighted by Crippen LogP contribution is -2.28. The van der Waals surface area contributed by atoms with Crippen LogP contribution in [-0.2, 0) is 24.1 Å². The van der Waals surface area contributed by atoms with E-state index in [2.05, 4.69) is 10.4 Å². The van der Waals surface area contributed by atoms with Crippen LogP contribution in [0, 0.1) is 0 Å². The Morgan fingerprint density at radius 2 is 1.81 bits per heavy atom. The van der Waals surface area contributed by atoms with Gasteiger partial charge in [-0.3, -0.25) is 9.48 Å². The maximum absolute atomic E-state index is 12.9. The Bertz CT molecular complexity index is 807. The number of benzene rings is 1. The third kappa shape index (κ3) is 4.72. The van der Waals surface area contributed by atoms with Crippen LogP contribution in [0.5, 0.6) is 11.5 Å². The van der Waals surface area contributed by atoms with Crippen LogP contribution in [0.4, 0.5) is 13.2 Å². The summed E-state index contributed by atoms with van der Waals surface area (Å²) >= 11 is 0. The number of rotatable bonds is 7. The number of ether oxygens (including phenoxy) is 2. The number of carbonyl (C=O) groups is 1. The number of alkyl halides is 3. The summed E-state index contributed by atoms with van der Waals surface area (Å²) in [6.07, 6.45) is -2.90. The lowest BCUT2D eigenvalue weighted by atomic mass is 10.2. The summed E-state index contributed by atoms with van der Waals surface area (Å²) < 4.78 is 50.2. The molecule has 1 aliphatic carbocycles. The normalized spacial score (nSPS) is 14.1. The van der Waals surface area contributed by atoms with Crippen molar-refractivity contribution in [2.45, 2.75) is 38.0 Å². The molecule has 1 N–H and O–H groups in total. The number of halogens is 3. The molecule has 0 atom stereocenters. The lowest BCUT2D eigenvalue weighted by molar-refractivity contribution is -0.141. The Hall–Kier alpha value is -2.71. The predicted molar refractivity (Wildman–Crippen MR) is 90.6 cm³/mol. The largest absolute Gasteiger partial charge is 0.497 e. The molecule has 0 aliphatic heterocycles. The molecule has 6 nitrogen and oxygen atoms in total. The van der Waals surface area contributed by atoms with Gasteiger partial charge in [0.2, 0.25) is 5.91 Å². The van der Waals surface area contributed by atoms with Gasteiger partial charge in [-0.15, -0.1) is 0 Å². The Morgan fingerprint density at radius 1 is 1.19 bits per heavy atom. The van der Waals surface area contributed by atoms with Gasteiger partial charge in [-0.2, -0.15) is 18.3 Å². The van der Waals surface area contributed by atoms with Gasteiger partial charge in [-0.05, 0) is 36.6 Å². The van der Waals surface area contributed by atoms with E-state index in [1.165, 1.54) is 14.2 Å². The van der Waals surface area contributed by atoms with Gasteiger partial charge < -0.3 is 14.8 Å². The number of methoxy groups -OCH3 is 2. The summed E-state index contributed by atoms with van der Waals surface area (Å²) in [6, 6.07) is 6.23. The van der Waals surface area contributed by atoms with E-state index in [9.17, 15) is 18.0 Å². The Labute approximate surface area is 154 Å². The Kier molecular flexibility index (Phi) is 5.29. The van der Waals surface area contributed by atoms with Gasteiger partial charge in [-0.1, -0.05) is 0 Å². The molecule has 146 valence electrons. The van der Waals surface area contributed by atoms with Gasteiger partial charge in [0.05, 0.1) is 14.2 Å². The van der Waals surface area contributed by atoms with E-state index in [4.69, 9.17) is 9.47 Å². The zero-order chi connectivity index (χ0) is 19.6. The second-order valence-electron chi connectivity index (χ2n) is 6.38. The zero-order valence-corrected chi connectivity index (χ0v) is 15.0. The van der Waals surface area contributed by atoms with Crippen molar-refractivity contribution in [2.24, 2.45) is 0 Å². The van der Waals surface area contributed by atoms with Crippen LogP contribution in [0.15, 0.2) is 24.3 Å². The highest BCUT2D eigenvalue weighted by Crippen LogP contribution is 2.42. The number of carbonyl (C=O) groups excluding carboxylic acids is 1. The smallest absolute Gasteiger partial charge is 0.435 e. The topological polar surface area (TPSA) is 65.4 Å². The van der Waals surface area contributed by atoms with Crippen molar-refractivity contribution in [3.8, 4) is 11.5 Å². The number of nitrogens with one attached hydrogen (secondary N) is 1. The highest BCUT2D eigenvalue weighted by atomic mass is 19.4.